The molecule has 4 rings (SSSR count). The summed E-state index contributed by atoms with van der Waals surface area (Å²) in [4.78, 5) is 44.2. The number of aryl methyl sites for hydroxylation is 3. The maximum absolute atomic E-state index is 13.8. The van der Waals surface area contributed by atoms with E-state index in [1.54, 1.807) is 49.0 Å². The van der Waals surface area contributed by atoms with Gasteiger partial charge < -0.3 is 14.7 Å². The lowest BCUT2D eigenvalue weighted by Crippen LogP contribution is -2.47. The van der Waals surface area contributed by atoms with Gasteiger partial charge in [-0.25, -0.2) is 9.36 Å². The summed E-state index contributed by atoms with van der Waals surface area (Å²) in [7, 11) is 3.28. The lowest BCUT2D eigenvalue weighted by atomic mass is 10.1. The number of thiophene rings is 1. The number of nitrogens with zero attached hydrogens (tertiary/aromatic N) is 7. The zero-order chi connectivity index (χ0) is 30.3. The molecular weight excluding hydrogens is 546 g/mol. The fourth-order valence-electron chi connectivity index (χ4n) is 4.25. The molecule has 0 aliphatic carbocycles. The van der Waals surface area contributed by atoms with E-state index in [9.17, 15) is 14.4 Å². The quantitative estimate of drug-likeness (QED) is 0.317. The van der Waals surface area contributed by atoms with Crippen LogP contribution in [0.2, 0.25) is 0 Å². The van der Waals surface area contributed by atoms with Crippen molar-refractivity contribution in [2.75, 3.05) is 20.8 Å². The fraction of sp³-hybridized carbons (Fsp3) is 0.429. The van der Waals surface area contributed by atoms with Crippen LogP contribution < -0.4 is 16.0 Å². The highest BCUT2D eigenvalue weighted by atomic mass is 32.1. The molecule has 13 heteroatoms. The molecule has 0 fully saturated rings. The molecule has 3 aromatic heterocycles. The van der Waals surface area contributed by atoms with E-state index in [0.717, 1.165) is 15.9 Å². The van der Waals surface area contributed by atoms with Crippen molar-refractivity contribution in [1.29, 1.82) is 5.26 Å². The number of hydrogen-bond donors (Lipinski definition) is 1. The number of para-hydroxylation sites is 1. The number of benzene rings is 1. The Labute approximate surface area is 241 Å². The minimum absolute atomic E-state index is 0.0174. The molecule has 4 aromatic rings. The number of aliphatic hydroxyl groups is 1. The number of aliphatic hydroxyl groups excluding tert-OH is 1. The second-order valence-electron chi connectivity index (χ2n) is 9.55. The first-order valence-electron chi connectivity index (χ1n) is 13.1. The highest BCUT2D eigenvalue weighted by molar-refractivity contribution is 7.21. The lowest BCUT2D eigenvalue weighted by molar-refractivity contribution is -0.134. The third-order valence-electron chi connectivity index (χ3n) is 6.71. The van der Waals surface area contributed by atoms with Crippen LogP contribution in [0.4, 0.5) is 0 Å². The number of nitriles is 1. The summed E-state index contributed by atoms with van der Waals surface area (Å²) in [5.41, 5.74) is 0.576. The van der Waals surface area contributed by atoms with Gasteiger partial charge in [0.2, 0.25) is 5.91 Å². The number of hydrogen-bond acceptors (Lipinski definition) is 9. The van der Waals surface area contributed by atoms with Gasteiger partial charge in [0.05, 0.1) is 44.0 Å². The van der Waals surface area contributed by atoms with Gasteiger partial charge in [0.15, 0.2) is 0 Å². The van der Waals surface area contributed by atoms with Crippen LogP contribution in [0.25, 0.3) is 15.2 Å². The lowest BCUT2D eigenvalue weighted by Gasteiger charge is -2.26. The van der Waals surface area contributed by atoms with E-state index in [4.69, 9.17) is 15.1 Å². The third kappa shape index (κ3) is 6.55. The van der Waals surface area contributed by atoms with E-state index in [0.29, 0.717) is 33.7 Å². The molecule has 0 saturated heterocycles. The van der Waals surface area contributed by atoms with Crippen LogP contribution in [0.1, 0.15) is 44.4 Å². The summed E-state index contributed by atoms with van der Waals surface area (Å²) < 4.78 is 8.13. The number of likely N-dealkylation sites (N-methyl/N-ethyl adjacent to an activating group) is 1. The van der Waals surface area contributed by atoms with Crippen molar-refractivity contribution in [3.63, 3.8) is 0 Å². The second kappa shape index (κ2) is 13.9. The average Bonchev–Trinajstić information content (AvgIpc) is 3.61. The number of aromatic nitrogens is 5. The van der Waals surface area contributed by atoms with Crippen molar-refractivity contribution in [3.8, 4) is 16.8 Å². The van der Waals surface area contributed by atoms with Crippen LogP contribution in [-0.4, -0.2) is 66.8 Å². The first-order chi connectivity index (χ1) is 19.6. The van der Waals surface area contributed by atoms with Gasteiger partial charge in [-0.05, 0) is 45.7 Å². The van der Waals surface area contributed by atoms with Gasteiger partial charge in [0.1, 0.15) is 21.6 Å². The standard InChI is InChI=1S/C25H30N6O4S.C3H5NO/c1-15(2)28(5)21(32)17(4)30-22(33)20-16(3)23(31-26-12-13-27-31)36-24(20)29(25(30)34)14-11-18-9-7-8-10-19(18)35-6;4-2-1-3-5/h7-10,12-13,15,17H,11,14H2,1-6H3;5H,1,3H2/t17-;/m1./s1. The van der Waals surface area contributed by atoms with Gasteiger partial charge in [-0.2, -0.15) is 15.5 Å². The van der Waals surface area contributed by atoms with Gasteiger partial charge in [-0.1, -0.05) is 29.5 Å². The molecular formula is C28H35N7O5S. The largest absolute Gasteiger partial charge is 0.496 e. The minimum atomic E-state index is -0.968. The summed E-state index contributed by atoms with van der Waals surface area (Å²) in [6.45, 7) is 7.45. The van der Waals surface area contributed by atoms with Gasteiger partial charge in [0.25, 0.3) is 5.56 Å². The van der Waals surface area contributed by atoms with Crippen molar-refractivity contribution in [1.82, 2.24) is 29.0 Å². The minimum Gasteiger partial charge on any atom is -0.496 e. The monoisotopic (exact) mass is 581 g/mol. The Hall–Kier alpha value is -4.28. The average molecular weight is 582 g/mol. The van der Waals surface area contributed by atoms with Crippen molar-refractivity contribution >= 4 is 27.5 Å². The highest BCUT2D eigenvalue weighted by Crippen LogP contribution is 2.31. The van der Waals surface area contributed by atoms with Crippen LogP contribution in [0, 0.1) is 18.3 Å². The highest BCUT2D eigenvalue weighted by Gasteiger charge is 2.28. The van der Waals surface area contributed by atoms with Crippen LogP contribution in [0.3, 0.4) is 0 Å². The molecule has 1 amide bonds. The topological polar surface area (TPSA) is 148 Å². The number of carbonyl (C=O) groups excluding carboxylic acids is 1. The molecule has 3 heterocycles. The number of ether oxygens (including phenoxy) is 1. The molecule has 0 saturated carbocycles. The predicted octanol–water partition coefficient (Wildman–Crippen LogP) is 2.69. The first-order valence-corrected chi connectivity index (χ1v) is 13.9. The Balaban J connectivity index is 0.000000850. The number of carbonyl (C=O) groups is 1. The summed E-state index contributed by atoms with van der Waals surface area (Å²) in [5, 5.41) is 25.0. The molecule has 12 nitrogen and oxygen atoms in total. The van der Waals surface area contributed by atoms with Crippen molar-refractivity contribution in [2.45, 2.75) is 59.2 Å². The summed E-state index contributed by atoms with van der Waals surface area (Å²) in [6.07, 6.45) is 3.86. The van der Waals surface area contributed by atoms with Crippen molar-refractivity contribution in [2.24, 2.45) is 0 Å². The van der Waals surface area contributed by atoms with Crippen LogP contribution in [0.5, 0.6) is 5.75 Å². The van der Waals surface area contributed by atoms with Crippen LogP contribution >= 0.6 is 11.3 Å². The molecule has 0 aliphatic heterocycles. The Bertz CT molecular complexity index is 1650. The normalized spacial score (nSPS) is 11.6. The zero-order valence-corrected chi connectivity index (χ0v) is 24.9. The molecule has 0 spiro atoms. The molecule has 218 valence electrons. The van der Waals surface area contributed by atoms with Gasteiger partial charge in [0, 0.05) is 25.2 Å². The molecule has 0 bridgehead atoms. The molecule has 0 radical (unpaired) electrons. The summed E-state index contributed by atoms with van der Waals surface area (Å²) in [6, 6.07) is 8.34. The predicted molar refractivity (Wildman–Crippen MR) is 157 cm³/mol. The number of amides is 1. The third-order valence-corrected chi connectivity index (χ3v) is 7.99. The van der Waals surface area contributed by atoms with Crippen LogP contribution in [-0.2, 0) is 17.8 Å². The molecule has 1 atom stereocenters. The SMILES string of the molecule is COc1ccccc1CCn1c(=O)n([C@H](C)C(=O)N(C)C(C)C)c(=O)c2c(C)c(-n3nccn3)sc21.N#CCCO. The Morgan fingerprint density at radius 2 is 1.85 bits per heavy atom. The van der Waals surface area contributed by atoms with Gasteiger partial charge >= 0.3 is 5.69 Å². The van der Waals surface area contributed by atoms with E-state index >= 15 is 0 Å². The van der Waals surface area contributed by atoms with Crippen LogP contribution in [0.15, 0.2) is 46.2 Å². The van der Waals surface area contributed by atoms with Gasteiger partial charge in [-0.15, -0.1) is 4.80 Å². The maximum atomic E-state index is 13.8. The Morgan fingerprint density at radius 1 is 1.20 bits per heavy atom. The summed E-state index contributed by atoms with van der Waals surface area (Å²) >= 11 is 1.28. The van der Waals surface area contributed by atoms with Crippen molar-refractivity contribution < 1.29 is 14.6 Å². The van der Waals surface area contributed by atoms with Crippen molar-refractivity contribution in [3.05, 3.63) is 68.6 Å². The van der Waals surface area contributed by atoms with E-state index in [2.05, 4.69) is 10.2 Å². The molecule has 41 heavy (non-hydrogen) atoms. The Morgan fingerprint density at radius 3 is 2.41 bits per heavy atom. The molecule has 0 aliphatic rings. The number of methoxy groups -OCH3 is 1. The summed E-state index contributed by atoms with van der Waals surface area (Å²) in [5.74, 6) is 0.419. The van der Waals surface area contributed by atoms with E-state index in [1.807, 2.05) is 45.0 Å². The molecule has 1 N–H and O–H groups in total. The smallest absolute Gasteiger partial charge is 0.332 e. The van der Waals surface area contributed by atoms with Gasteiger partial charge in [-0.3, -0.25) is 14.2 Å². The number of rotatable bonds is 9. The molecule has 0 unspecified atom stereocenters. The van der Waals surface area contributed by atoms with E-state index in [1.165, 1.54) is 16.1 Å². The Kier molecular flexibility index (Phi) is 10.6. The number of fused-ring (bicyclic) bond motifs is 1. The second-order valence-corrected chi connectivity index (χ2v) is 10.5. The van der Waals surface area contributed by atoms with E-state index < -0.39 is 17.3 Å². The molecule has 1 aromatic carbocycles. The maximum Gasteiger partial charge on any atom is 0.332 e. The van der Waals surface area contributed by atoms with E-state index in [-0.39, 0.29) is 25.0 Å². The zero-order valence-electron chi connectivity index (χ0n) is 24.1. The fourth-order valence-corrected chi connectivity index (χ4v) is 5.49. The first kappa shape index (κ1) is 31.3.